The number of aliphatic hydroxyl groups excluding tert-OH is 4. The summed E-state index contributed by atoms with van der Waals surface area (Å²) in [5.74, 6) is -1.19. The van der Waals surface area contributed by atoms with Gasteiger partial charge in [0.1, 0.15) is 49.3 Å². The molecule has 0 amide bonds. The first-order valence-corrected chi connectivity index (χ1v) is 14.5. The van der Waals surface area contributed by atoms with Gasteiger partial charge in [-0.3, -0.25) is 0 Å². The molecule has 15 nitrogen and oxygen atoms in total. The Morgan fingerprint density at radius 3 is 2.28 bits per heavy atom. The van der Waals surface area contributed by atoms with Crippen molar-refractivity contribution in [2.45, 2.75) is 74.8 Å². The first-order valence-electron chi connectivity index (χ1n) is 14.5. The van der Waals surface area contributed by atoms with Crippen LogP contribution in [0.1, 0.15) is 18.1 Å². The van der Waals surface area contributed by atoms with Crippen molar-refractivity contribution < 1.29 is 73.7 Å². The number of rotatable bonds is 12. The maximum Gasteiger partial charge on any atom is 0.330 e. The monoisotopic (exact) mass is 652 g/mol. The third-order valence-corrected chi connectivity index (χ3v) is 7.70. The predicted octanol–water partition coefficient (Wildman–Crippen LogP) is -0.0588. The van der Waals surface area contributed by atoms with Gasteiger partial charge in [-0.2, -0.15) is 0 Å². The summed E-state index contributed by atoms with van der Waals surface area (Å²) in [7, 11) is 2.70. The van der Waals surface area contributed by atoms with Crippen LogP contribution in [0.3, 0.4) is 0 Å². The number of ether oxygens (including phenoxy) is 7. The highest BCUT2D eigenvalue weighted by atomic mass is 16.7. The Labute approximate surface area is 264 Å². The summed E-state index contributed by atoms with van der Waals surface area (Å²) in [6.07, 6.45) is -10.6. The molecule has 2 aromatic carbocycles. The molecular formula is C31H40O15. The molecule has 0 aromatic heterocycles. The molecule has 2 saturated heterocycles. The minimum Gasteiger partial charge on any atom is -0.504 e. The van der Waals surface area contributed by atoms with E-state index in [2.05, 4.69) is 0 Å². The van der Waals surface area contributed by atoms with Crippen molar-refractivity contribution in [3.8, 4) is 23.0 Å². The number of methoxy groups -OCH3 is 2. The first-order chi connectivity index (χ1) is 21.9. The number of carbonyl (C=O) groups excluding carboxylic acids is 1. The van der Waals surface area contributed by atoms with Gasteiger partial charge in [-0.15, -0.1) is 0 Å². The molecule has 0 spiro atoms. The van der Waals surface area contributed by atoms with Crippen molar-refractivity contribution in [1.82, 2.24) is 0 Å². The lowest BCUT2D eigenvalue weighted by atomic mass is 9.97. The van der Waals surface area contributed by atoms with Crippen molar-refractivity contribution in [2.24, 2.45) is 0 Å². The molecule has 46 heavy (non-hydrogen) atoms. The molecule has 2 aliphatic heterocycles. The van der Waals surface area contributed by atoms with E-state index >= 15 is 0 Å². The SMILES string of the molecule is COc1cc(C=CC(=O)OCC2OC(OCCc3ccc(O)c(O)c3)C(O)C(OC3OC(C)C(O)C(O)C3O)C2OC)ccc1O. The van der Waals surface area contributed by atoms with Crippen LogP contribution < -0.4 is 4.74 Å². The molecule has 0 radical (unpaired) electrons. The van der Waals surface area contributed by atoms with Crippen LogP contribution in [-0.4, -0.2) is 131 Å². The van der Waals surface area contributed by atoms with E-state index in [4.69, 9.17) is 33.2 Å². The molecule has 10 unspecified atom stereocenters. The lowest BCUT2D eigenvalue weighted by Crippen LogP contribution is -2.64. The second-order valence-corrected chi connectivity index (χ2v) is 10.9. The summed E-state index contributed by atoms with van der Waals surface area (Å²) < 4.78 is 39.3. The number of hydrogen-bond donors (Lipinski definition) is 7. The number of aromatic hydroxyl groups is 3. The summed E-state index contributed by atoms with van der Waals surface area (Å²) in [6, 6.07) is 8.76. The van der Waals surface area contributed by atoms with Gasteiger partial charge in [0.05, 0.1) is 19.8 Å². The molecule has 0 bridgehead atoms. The largest absolute Gasteiger partial charge is 0.504 e. The summed E-state index contributed by atoms with van der Waals surface area (Å²) in [4.78, 5) is 12.6. The van der Waals surface area contributed by atoms with E-state index in [1.807, 2.05) is 0 Å². The van der Waals surface area contributed by atoms with Gasteiger partial charge >= 0.3 is 5.97 Å². The Hall–Kier alpha value is -3.51. The number of phenolic OH excluding ortho intramolecular Hbond substituents is 3. The number of hydrogen-bond acceptors (Lipinski definition) is 15. The molecular weight excluding hydrogens is 612 g/mol. The molecule has 0 saturated carbocycles. The maximum atomic E-state index is 12.6. The van der Waals surface area contributed by atoms with E-state index < -0.39 is 67.4 Å². The van der Waals surface area contributed by atoms with Gasteiger partial charge in [0.2, 0.25) is 0 Å². The predicted molar refractivity (Wildman–Crippen MR) is 157 cm³/mol. The molecule has 15 heteroatoms. The zero-order valence-corrected chi connectivity index (χ0v) is 25.4. The molecule has 2 fully saturated rings. The van der Waals surface area contributed by atoms with Gasteiger partial charge in [-0.25, -0.2) is 4.79 Å². The Balaban J connectivity index is 1.48. The molecule has 2 heterocycles. The Kier molecular flexibility index (Phi) is 12.2. The topological polar surface area (TPSA) is 223 Å². The second-order valence-electron chi connectivity index (χ2n) is 10.9. The molecule has 2 aromatic rings. The van der Waals surface area contributed by atoms with E-state index in [0.29, 0.717) is 11.1 Å². The smallest absolute Gasteiger partial charge is 0.330 e. The summed E-state index contributed by atoms with van der Waals surface area (Å²) in [6.45, 7) is 1.07. The van der Waals surface area contributed by atoms with Gasteiger partial charge < -0.3 is 68.9 Å². The summed E-state index contributed by atoms with van der Waals surface area (Å²) >= 11 is 0. The fourth-order valence-corrected chi connectivity index (χ4v) is 5.08. The molecule has 10 atom stereocenters. The lowest BCUT2D eigenvalue weighted by Gasteiger charge is -2.46. The fourth-order valence-electron chi connectivity index (χ4n) is 5.08. The number of aliphatic hydroxyl groups is 4. The van der Waals surface area contributed by atoms with Crippen LogP contribution in [0.2, 0.25) is 0 Å². The summed E-state index contributed by atoms with van der Waals surface area (Å²) in [5.41, 5.74) is 1.17. The number of esters is 1. The van der Waals surface area contributed by atoms with E-state index in [9.17, 15) is 40.5 Å². The van der Waals surface area contributed by atoms with Crippen LogP contribution >= 0.6 is 0 Å². The van der Waals surface area contributed by atoms with Crippen molar-refractivity contribution in [1.29, 1.82) is 0 Å². The van der Waals surface area contributed by atoms with Gasteiger partial charge in [-0.05, 0) is 54.8 Å². The van der Waals surface area contributed by atoms with Crippen molar-refractivity contribution in [3.05, 3.63) is 53.6 Å². The normalized spacial score (nSPS) is 31.5. The highest BCUT2D eigenvalue weighted by molar-refractivity contribution is 5.87. The fraction of sp³-hybridized carbons (Fsp3) is 0.516. The van der Waals surface area contributed by atoms with Crippen LogP contribution in [0.25, 0.3) is 6.08 Å². The van der Waals surface area contributed by atoms with Gasteiger partial charge in [0.15, 0.2) is 35.6 Å². The molecule has 0 aliphatic carbocycles. The average molecular weight is 653 g/mol. The van der Waals surface area contributed by atoms with Gasteiger partial charge in [0.25, 0.3) is 0 Å². The number of benzene rings is 2. The highest BCUT2D eigenvalue weighted by Crippen LogP contribution is 2.32. The zero-order chi connectivity index (χ0) is 33.5. The van der Waals surface area contributed by atoms with Crippen LogP contribution in [0.15, 0.2) is 42.5 Å². The standard InChI is InChI=1S/C31H40O15/c1-15-24(36)25(37)26(38)31(44-15)46-29-27(39)30(42-11-10-17-4-7-18(32)20(34)12-17)45-22(28(29)41-3)14-43-23(35)9-6-16-5-8-19(33)21(13-16)40-2/h4-9,12-13,15,22,24-34,36-39H,10-11,14H2,1-3H3. The Bertz CT molecular complexity index is 1340. The third-order valence-electron chi connectivity index (χ3n) is 7.70. The van der Waals surface area contributed by atoms with Crippen molar-refractivity contribution in [2.75, 3.05) is 27.4 Å². The molecule has 4 rings (SSSR count). The Morgan fingerprint density at radius 1 is 0.848 bits per heavy atom. The Morgan fingerprint density at radius 2 is 1.59 bits per heavy atom. The van der Waals surface area contributed by atoms with Crippen LogP contribution in [0.4, 0.5) is 0 Å². The second kappa shape index (κ2) is 15.9. The van der Waals surface area contributed by atoms with E-state index in [0.717, 1.165) is 6.08 Å². The third kappa shape index (κ3) is 8.44. The average Bonchev–Trinajstić information content (AvgIpc) is 3.04. The minimum atomic E-state index is -1.68. The van der Waals surface area contributed by atoms with E-state index in [1.54, 1.807) is 12.1 Å². The maximum absolute atomic E-state index is 12.6. The van der Waals surface area contributed by atoms with Crippen LogP contribution in [0.5, 0.6) is 23.0 Å². The number of phenols is 3. The van der Waals surface area contributed by atoms with Crippen molar-refractivity contribution in [3.63, 3.8) is 0 Å². The van der Waals surface area contributed by atoms with Crippen LogP contribution in [-0.2, 0) is 39.6 Å². The minimum absolute atomic E-state index is 0.0217. The highest BCUT2D eigenvalue weighted by Gasteiger charge is 2.51. The zero-order valence-electron chi connectivity index (χ0n) is 25.4. The quantitative estimate of drug-likeness (QED) is 0.0906. The first kappa shape index (κ1) is 35.3. The van der Waals surface area contributed by atoms with Gasteiger partial charge in [0, 0.05) is 13.2 Å². The number of carbonyl (C=O) groups is 1. The summed E-state index contributed by atoms with van der Waals surface area (Å²) in [5, 5.41) is 71.2. The molecule has 254 valence electrons. The van der Waals surface area contributed by atoms with E-state index in [1.165, 1.54) is 51.5 Å². The van der Waals surface area contributed by atoms with Crippen LogP contribution in [0, 0.1) is 0 Å². The molecule has 7 N–H and O–H groups in total. The van der Waals surface area contributed by atoms with Gasteiger partial charge in [-0.1, -0.05) is 12.1 Å². The van der Waals surface area contributed by atoms with E-state index in [-0.39, 0.29) is 42.6 Å². The molecule has 2 aliphatic rings. The lowest BCUT2D eigenvalue weighted by molar-refractivity contribution is -0.359. The van der Waals surface area contributed by atoms with Crippen molar-refractivity contribution >= 4 is 12.0 Å².